The Bertz CT molecular complexity index is 866. The van der Waals surface area contributed by atoms with Crippen LogP contribution in [0, 0.1) is 0 Å². The molecule has 0 radical (unpaired) electrons. The summed E-state index contributed by atoms with van der Waals surface area (Å²) in [6.45, 7) is 7.24. The number of likely N-dealkylation sites (N-methyl/N-ethyl adjacent to an activating group) is 1. The summed E-state index contributed by atoms with van der Waals surface area (Å²) in [5.41, 5.74) is 6.39. The van der Waals surface area contributed by atoms with Crippen molar-refractivity contribution >= 4 is 11.9 Å². The number of benzene rings is 2. The summed E-state index contributed by atoms with van der Waals surface area (Å²) in [6, 6.07) is 18.1. The van der Waals surface area contributed by atoms with Gasteiger partial charge in [-0.2, -0.15) is 0 Å². The van der Waals surface area contributed by atoms with Crippen LogP contribution < -0.4 is 11.1 Å². The van der Waals surface area contributed by atoms with E-state index in [0.29, 0.717) is 19.3 Å². The normalized spacial score (nSPS) is 13.8. The molecule has 0 aliphatic rings. The van der Waals surface area contributed by atoms with Gasteiger partial charge in [0.15, 0.2) is 0 Å². The summed E-state index contributed by atoms with van der Waals surface area (Å²) >= 11 is 0. The Morgan fingerprint density at radius 1 is 0.812 bits per heavy atom. The van der Waals surface area contributed by atoms with Crippen LogP contribution in [0.15, 0.2) is 60.7 Å². The minimum absolute atomic E-state index is 0.331. The van der Waals surface area contributed by atoms with E-state index in [-0.39, 0.29) is 5.97 Å². The number of ether oxygens (including phenoxy) is 2. The van der Waals surface area contributed by atoms with E-state index in [9.17, 15) is 9.59 Å². The minimum atomic E-state index is -0.857. The molecule has 6 nitrogen and oxygen atoms in total. The van der Waals surface area contributed by atoms with Crippen LogP contribution in [-0.4, -0.2) is 42.3 Å². The standard InChI is InChI=1S/C26H36N2O4/c1-25(2,31-23(29)21(27)16-19-12-8-6-9-13-19)18-26(3,4)32-24(30)22(28-5)17-20-14-10-7-11-15-20/h6-15,21-22,28H,16-18,27H2,1-5H3. The molecule has 0 amide bonds. The molecule has 0 aliphatic heterocycles. The third-order valence-corrected chi connectivity index (χ3v) is 5.12. The number of esters is 2. The summed E-state index contributed by atoms with van der Waals surface area (Å²) < 4.78 is 11.5. The van der Waals surface area contributed by atoms with E-state index in [0.717, 1.165) is 11.1 Å². The third-order valence-electron chi connectivity index (χ3n) is 5.12. The second kappa shape index (κ2) is 11.2. The van der Waals surface area contributed by atoms with Gasteiger partial charge in [0, 0.05) is 6.42 Å². The highest BCUT2D eigenvalue weighted by Gasteiger charge is 2.36. The third kappa shape index (κ3) is 8.44. The van der Waals surface area contributed by atoms with Crippen molar-refractivity contribution in [2.24, 2.45) is 5.73 Å². The lowest BCUT2D eigenvalue weighted by Crippen LogP contribution is -2.46. The van der Waals surface area contributed by atoms with Crippen LogP contribution in [0.3, 0.4) is 0 Å². The monoisotopic (exact) mass is 440 g/mol. The predicted octanol–water partition coefficient (Wildman–Crippen LogP) is 3.42. The Morgan fingerprint density at radius 3 is 1.72 bits per heavy atom. The van der Waals surface area contributed by atoms with Gasteiger partial charge in [0.05, 0.1) is 0 Å². The van der Waals surface area contributed by atoms with Gasteiger partial charge in [0.25, 0.3) is 0 Å². The first-order chi connectivity index (χ1) is 15.0. The predicted molar refractivity (Wildman–Crippen MR) is 126 cm³/mol. The molecule has 0 saturated heterocycles. The zero-order chi connectivity index (χ0) is 23.8. The highest BCUT2D eigenvalue weighted by molar-refractivity contribution is 5.77. The van der Waals surface area contributed by atoms with E-state index in [4.69, 9.17) is 15.2 Å². The number of hydrogen-bond donors (Lipinski definition) is 2. The van der Waals surface area contributed by atoms with Crippen molar-refractivity contribution in [1.82, 2.24) is 5.32 Å². The van der Waals surface area contributed by atoms with E-state index in [1.54, 1.807) is 20.9 Å². The lowest BCUT2D eigenvalue weighted by molar-refractivity contribution is -0.172. The molecule has 32 heavy (non-hydrogen) atoms. The zero-order valence-electron chi connectivity index (χ0n) is 19.8. The maximum Gasteiger partial charge on any atom is 0.324 e. The molecule has 3 N–H and O–H groups in total. The van der Waals surface area contributed by atoms with Gasteiger partial charge >= 0.3 is 11.9 Å². The first-order valence-corrected chi connectivity index (χ1v) is 11.0. The van der Waals surface area contributed by atoms with Gasteiger partial charge in [0.1, 0.15) is 23.3 Å². The van der Waals surface area contributed by atoms with Crippen molar-refractivity contribution in [3.63, 3.8) is 0 Å². The molecule has 2 atom stereocenters. The van der Waals surface area contributed by atoms with E-state index in [1.165, 1.54) is 0 Å². The number of nitrogens with one attached hydrogen (secondary N) is 1. The fourth-order valence-electron chi connectivity index (χ4n) is 3.89. The molecule has 174 valence electrons. The quantitative estimate of drug-likeness (QED) is 0.521. The number of rotatable bonds is 11. The summed E-state index contributed by atoms with van der Waals surface area (Å²) in [5, 5.41) is 3.03. The maximum absolute atomic E-state index is 12.8. The van der Waals surface area contributed by atoms with Crippen molar-refractivity contribution in [2.75, 3.05) is 7.05 Å². The average Bonchev–Trinajstić information content (AvgIpc) is 2.71. The minimum Gasteiger partial charge on any atom is -0.458 e. The van der Waals surface area contributed by atoms with E-state index in [1.807, 2.05) is 74.5 Å². The molecule has 0 spiro atoms. The smallest absolute Gasteiger partial charge is 0.324 e. The van der Waals surface area contributed by atoms with E-state index >= 15 is 0 Å². The molecular weight excluding hydrogens is 404 g/mol. The number of carbonyl (C=O) groups is 2. The summed E-state index contributed by atoms with van der Waals surface area (Å²) in [4.78, 5) is 25.4. The molecule has 2 rings (SSSR count). The molecule has 6 heteroatoms. The van der Waals surface area contributed by atoms with Crippen molar-refractivity contribution in [2.45, 2.75) is 70.2 Å². The number of nitrogens with two attached hydrogens (primary N) is 1. The first-order valence-electron chi connectivity index (χ1n) is 11.0. The summed E-state index contributed by atoms with van der Waals surface area (Å²) in [6.07, 6.45) is 1.26. The van der Waals surface area contributed by atoms with Crippen molar-refractivity contribution < 1.29 is 19.1 Å². The zero-order valence-corrected chi connectivity index (χ0v) is 19.8. The number of hydrogen-bond acceptors (Lipinski definition) is 6. The lowest BCUT2D eigenvalue weighted by atomic mass is 9.91. The fraction of sp³-hybridized carbons (Fsp3) is 0.462. The van der Waals surface area contributed by atoms with Crippen LogP contribution >= 0.6 is 0 Å². The summed E-state index contributed by atoms with van der Waals surface area (Å²) in [7, 11) is 1.74. The Balaban J connectivity index is 1.92. The van der Waals surface area contributed by atoms with E-state index in [2.05, 4.69) is 5.32 Å². The first kappa shape index (κ1) is 25.6. The molecule has 2 unspecified atom stereocenters. The second-order valence-corrected chi connectivity index (χ2v) is 9.37. The molecule has 0 saturated carbocycles. The maximum atomic E-state index is 12.8. The van der Waals surface area contributed by atoms with Crippen LogP contribution in [0.25, 0.3) is 0 Å². The van der Waals surface area contributed by atoms with Crippen LogP contribution in [0.2, 0.25) is 0 Å². The van der Waals surface area contributed by atoms with Crippen molar-refractivity contribution in [1.29, 1.82) is 0 Å². The molecule has 0 aliphatic carbocycles. The molecule has 0 fully saturated rings. The Labute approximate surface area is 191 Å². The van der Waals surface area contributed by atoms with E-state index < -0.39 is 29.3 Å². The Morgan fingerprint density at radius 2 is 1.25 bits per heavy atom. The number of carbonyl (C=O) groups excluding carboxylic acids is 2. The van der Waals surface area contributed by atoms with Crippen LogP contribution in [0.4, 0.5) is 0 Å². The highest BCUT2D eigenvalue weighted by atomic mass is 16.6. The van der Waals surface area contributed by atoms with Crippen LogP contribution in [0.1, 0.15) is 45.2 Å². The van der Waals surface area contributed by atoms with Gasteiger partial charge < -0.3 is 20.5 Å². The van der Waals surface area contributed by atoms with Gasteiger partial charge in [-0.25, -0.2) is 0 Å². The average molecular weight is 441 g/mol. The summed E-state index contributed by atoms with van der Waals surface area (Å²) in [5.74, 6) is -0.817. The van der Waals surface area contributed by atoms with Crippen LogP contribution in [-0.2, 0) is 31.9 Å². The Hall–Kier alpha value is -2.70. The molecule has 2 aromatic carbocycles. The lowest BCUT2D eigenvalue weighted by Gasteiger charge is -2.35. The van der Waals surface area contributed by atoms with Gasteiger partial charge in [-0.1, -0.05) is 60.7 Å². The molecule has 0 aromatic heterocycles. The molecule has 0 bridgehead atoms. The Kier molecular flexibility index (Phi) is 8.99. The van der Waals surface area contributed by atoms with Gasteiger partial charge in [-0.3, -0.25) is 9.59 Å². The van der Waals surface area contributed by atoms with Crippen LogP contribution in [0.5, 0.6) is 0 Å². The van der Waals surface area contributed by atoms with Gasteiger partial charge in [0.2, 0.25) is 0 Å². The molecular formula is C26H36N2O4. The second-order valence-electron chi connectivity index (χ2n) is 9.37. The topological polar surface area (TPSA) is 90.6 Å². The largest absolute Gasteiger partial charge is 0.458 e. The fourth-order valence-corrected chi connectivity index (χ4v) is 3.89. The molecule has 0 heterocycles. The van der Waals surface area contributed by atoms with Crippen molar-refractivity contribution in [3.05, 3.63) is 71.8 Å². The molecule has 2 aromatic rings. The van der Waals surface area contributed by atoms with Crippen molar-refractivity contribution in [3.8, 4) is 0 Å². The van der Waals surface area contributed by atoms with Gasteiger partial charge in [-0.15, -0.1) is 0 Å². The highest BCUT2D eigenvalue weighted by Crippen LogP contribution is 2.27. The SMILES string of the molecule is CNC(Cc1ccccc1)C(=O)OC(C)(C)CC(C)(C)OC(=O)C(N)Cc1ccccc1. The van der Waals surface area contributed by atoms with Gasteiger partial charge in [-0.05, 0) is 58.7 Å².